The van der Waals surface area contributed by atoms with Gasteiger partial charge in [0.1, 0.15) is 0 Å². The molecule has 0 fully saturated rings. The summed E-state index contributed by atoms with van der Waals surface area (Å²) in [5, 5.41) is 10.5. The third kappa shape index (κ3) is 3.00. The molecule has 3 nitrogen and oxygen atoms in total. The fraction of sp³-hybridized carbons (Fsp3) is 0.250. The van der Waals surface area contributed by atoms with E-state index in [0.29, 0.717) is 0 Å². The number of aromatic nitrogens is 1. The Bertz CT molecular complexity index is 830. The lowest BCUT2D eigenvalue weighted by Gasteiger charge is -2.15. The molecule has 2 N–H and O–H groups in total. The number of benzene rings is 2. The van der Waals surface area contributed by atoms with E-state index in [0.717, 1.165) is 28.5 Å². The summed E-state index contributed by atoms with van der Waals surface area (Å²) in [6, 6.07) is 14.4. The van der Waals surface area contributed by atoms with Gasteiger partial charge in [0, 0.05) is 23.0 Å². The van der Waals surface area contributed by atoms with Crippen molar-refractivity contribution in [2.24, 2.45) is 0 Å². The molecule has 3 heteroatoms. The van der Waals surface area contributed by atoms with Gasteiger partial charge >= 0.3 is 5.97 Å². The summed E-state index contributed by atoms with van der Waals surface area (Å²) in [7, 11) is 0. The van der Waals surface area contributed by atoms with Crippen molar-refractivity contribution in [2.45, 2.75) is 32.6 Å². The van der Waals surface area contributed by atoms with E-state index in [-0.39, 0.29) is 12.3 Å². The Morgan fingerprint density at radius 3 is 2.57 bits per heavy atom. The molecule has 0 saturated heterocycles. The quantitative estimate of drug-likeness (QED) is 0.721. The van der Waals surface area contributed by atoms with E-state index in [1.165, 1.54) is 11.1 Å². The van der Waals surface area contributed by atoms with Crippen LogP contribution in [0, 0.1) is 6.92 Å². The van der Waals surface area contributed by atoms with Crippen LogP contribution in [0.25, 0.3) is 10.9 Å². The van der Waals surface area contributed by atoms with Crippen molar-refractivity contribution in [2.75, 3.05) is 0 Å². The molecule has 3 rings (SSSR count). The van der Waals surface area contributed by atoms with Crippen molar-refractivity contribution in [1.29, 1.82) is 0 Å². The van der Waals surface area contributed by atoms with Gasteiger partial charge in [-0.05, 0) is 30.0 Å². The number of fused-ring (bicyclic) bond motifs is 1. The third-order valence-corrected chi connectivity index (χ3v) is 4.45. The Morgan fingerprint density at radius 1 is 1.17 bits per heavy atom. The zero-order valence-corrected chi connectivity index (χ0v) is 13.5. The smallest absolute Gasteiger partial charge is 0.304 e. The average Bonchev–Trinajstić information content (AvgIpc) is 2.97. The maximum absolute atomic E-state index is 11.4. The number of hydrogen-bond acceptors (Lipinski definition) is 1. The van der Waals surface area contributed by atoms with Gasteiger partial charge in [-0.25, -0.2) is 0 Å². The van der Waals surface area contributed by atoms with Gasteiger partial charge in [-0.2, -0.15) is 0 Å². The number of aryl methyl sites for hydroxylation is 2. The molecule has 0 aliphatic rings. The first-order chi connectivity index (χ1) is 11.1. The SMILES string of the molecule is CCc1cccc2c([C@@H](CC(=O)O)c3ccc(C)cc3)c[nH]c12. The Kier molecular flexibility index (Phi) is 4.20. The molecule has 1 heterocycles. The summed E-state index contributed by atoms with van der Waals surface area (Å²) >= 11 is 0. The summed E-state index contributed by atoms with van der Waals surface area (Å²) in [4.78, 5) is 14.7. The van der Waals surface area contributed by atoms with Crippen LogP contribution in [0.5, 0.6) is 0 Å². The van der Waals surface area contributed by atoms with Crippen LogP contribution in [0.2, 0.25) is 0 Å². The first-order valence-corrected chi connectivity index (χ1v) is 7.97. The normalized spacial score (nSPS) is 12.4. The van der Waals surface area contributed by atoms with E-state index < -0.39 is 5.97 Å². The molecule has 3 aromatic rings. The van der Waals surface area contributed by atoms with Crippen molar-refractivity contribution < 1.29 is 9.90 Å². The molecule has 0 aliphatic heterocycles. The third-order valence-electron chi connectivity index (χ3n) is 4.45. The summed E-state index contributed by atoms with van der Waals surface area (Å²) in [5.74, 6) is -0.925. The second kappa shape index (κ2) is 6.29. The van der Waals surface area contributed by atoms with Gasteiger partial charge in [-0.1, -0.05) is 55.0 Å². The summed E-state index contributed by atoms with van der Waals surface area (Å²) in [5.41, 5.74) is 5.65. The van der Waals surface area contributed by atoms with Gasteiger partial charge < -0.3 is 10.1 Å². The maximum atomic E-state index is 11.4. The molecule has 0 radical (unpaired) electrons. The Hall–Kier alpha value is -2.55. The zero-order chi connectivity index (χ0) is 16.4. The number of aliphatic carboxylic acids is 1. The zero-order valence-electron chi connectivity index (χ0n) is 13.5. The molecule has 0 spiro atoms. The number of aromatic amines is 1. The van der Waals surface area contributed by atoms with Crippen molar-refractivity contribution in [1.82, 2.24) is 4.98 Å². The molecule has 0 saturated carbocycles. The van der Waals surface area contributed by atoms with Gasteiger partial charge in [0.15, 0.2) is 0 Å². The molecule has 1 atom stereocenters. The van der Waals surface area contributed by atoms with E-state index in [1.807, 2.05) is 43.5 Å². The van der Waals surface area contributed by atoms with Gasteiger partial charge in [0.05, 0.1) is 6.42 Å². The Morgan fingerprint density at radius 2 is 1.91 bits per heavy atom. The molecule has 0 unspecified atom stereocenters. The molecule has 0 amide bonds. The molecule has 118 valence electrons. The Labute approximate surface area is 136 Å². The van der Waals surface area contributed by atoms with Crippen molar-refractivity contribution in [3.63, 3.8) is 0 Å². The second-order valence-corrected chi connectivity index (χ2v) is 6.00. The fourth-order valence-electron chi connectivity index (χ4n) is 3.20. The highest BCUT2D eigenvalue weighted by atomic mass is 16.4. The minimum absolute atomic E-state index is 0.0896. The molecule has 1 aromatic heterocycles. The number of carboxylic acids is 1. The van der Waals surface area contributed by atoms with Crippen molar-refractivity contribution >= 4 is 16.9 Å². The highest BCUT2D eigenvalue weighted by Gasteiger charge is 2.21. The fourth-order valence-corrected chi connectivity index (χ4v) is 3.20. The number of rotatable bonds is 5. The second-order valence-electron chi connectivity index (χ2n) is 6.00. The van der Waals surface area contributed by atoms with Crippen molar-refractivity contribution in [3.8, 4) is 0 Å². The number of H-pyrrole nitrogens is 1. The van der Waals surface area contributed by atoms with Crippen LogP contribution >= 0.6 is 0 Å². The molecule has 23 heavy (non-hydrogen) atoms. The van der Waals surface area contributed by atoms with Crippen LogP contribution in [0.3, 0.4) is 0 Å². The van der Waals surface area contributed by atoms with Gasteiger partial charge in [0.25, 0.3) is 0 Å². The van der Waals surface area contributed by atoms with Crippen LogP contribution in [0.15, 0.2) is 48.7 Å². The lowest BCUT2D eigenvalue weighted by Crippen LogP contribution is -2.07. The molecular weight excluding hydrogens is 286 g/mol. The first-order valence-electron chi connectivity index (χ1n) is 7.97. The monoisotopic (exact) mass is 307 g/mol. The molecule has 2 aromatic carbocycles. The van der Waals surface area contributed by atoms with Gasteiger partial charge in [-0.3, -0.25) is 4.79 Å². The van der Waals surface area contributed by atoms with Crippen LogP contribution in [0.1, 0.15) is 41.5 Å². The maximum Gasteiger partial charge on any atom is 0.304 e. The topological polar surface area (TPSA) is 53.1 Å². The predicted molar refractivity (Wildman–Crippen MR) is 93.0 cm³/mol. The number of para-hydroxylation sites is 1. The van der Waals surface area contributed by atoms with Gasteiger partial charge in [-0.15, -0.1) is 0 Å². The molecule has 0 aliphatic carbocycles. The standard InChI is InChI=1S/C20H21NO2/c1-3-14-5-4-6-16-18(12-21-20(14)16)17(11-19(22)23)15-9-7-13(2)8-10-15/h4-10,12,17,21H,3,11H2,1-2H3,(H,22,23)/t17-/m0/s1. The molecular formula is C20H21NO2. The van der Waals surface area contributed by atoms with Crippen LogP contribution in [-0.2, 0) is 11.2 Å². The van der Waals surface area contributed by atoms with E-state index in [9.17, 15) is 9.90 Å². The molecule has 0 bridgehead atoms. The summed E-state index contributed by atoms with van der Waals surface area (Å²) < 4.78 is 0. The minimum atomic E-state index is -0.781. The first kappa shape index (κ1) is 15.3. The van der Waals surface area contributed by atoms with E-state index >= 15 is 0 Å². The number of nitrogens with one attached hydrogen (secondary N) is 1. The van der Waals surface area contributed by atoms with Crippen LogP contribution < -0.4 is 0 Å². The lowest BCUT2D eigenvalue weighted by molar-refractivity contribution is -0.137. The average molecular weight is 307 g/mol. The summed E-state index contributed by atoms with van der Waals surface area (Å²) in [6.07, 6.45) is 3.01. The lowest BCUT2D eigenvalue weighted by atomic mass is 9.87. The van der Waals surface area contributed by atoms with Crippen LogP contribution in [0.4, 0.5) is 0 Å². The highest BCUT2D eigenvalue weighted by Crippen LogP contribution is 2.34. The van der Waals surface area contributed by atoms with Crippen molar-refractivity contribution in [3.05, 3.63) is 70.9 Å². The Balaban J connectivity index is 2.13. The minimum Gasteiger partial charge on any atom is -0.481 e. The largest absolute Gasteiger partial charge is 0.481 e. The van der Waals surface area contributed by atoms with Gasteiger partial charge in [0.2, 0.25) is 0 Å². The summed E-state index contributed by atoms with van der Waals surface area (Å²) in [6.45, 7) is 4.17. The van der Waals surface area contributed by atoms with E-state index in [4.69, 9.17) is 0 Å². The van der Waals surface area contributed by atoms with Crippen LogP contribution in [-0.4, -0.2) is 16.1 Å². The number of hydrogen-bond donors (Lipinski definition) is 2. The van der Waals surface area contributed by atoms with E-state index in [1.54, 1.807) is 0 Å². The number of carbonyl (C=O) groups is 1. The predicted octanol–water partition coefficient (Wildman–Crippen LogP) is 4.65. The number of carboxylic acid groups (broad SMARTS) is 1. The van der Waals surface area contributed by atoms with E-state index in [2.05, 4.69) is 24.0 Å². The highest BCUT2D eigenvalue weighted by molar-refractivity contribution is 5.87.